The van der Waals surface area contributed by atoms with Gasteiger partial charge in [0.1, 0.15) is 0 Å². The number of carbonyl (C=O) groups excluding carboxylic acids is 1. The van der Waals surface area contributed by atoms with E-state index in [4.69, 9.17) is 0 Å². The Morgan fingerprint density at radius 2 is 2.25 bits per heavy atom. The summed E-state index contributed by atoms with van der Waals surface area (Å²) < 4.78 is 0. The van der Waals surface area contributed by atoms with Gasteiger partial charge in [0.05, 0.1) is 12.0 Å². The number of carbonyl (C=O) groups is 1. The van der Waals surface area contributed by atoms with Crippen LogP contribution in [-0.4, -0.2) is 17.6 Å². The fourth-order valence-electron chi connectivity index (χ4n) is 2.05. The maximum atomic E-state index is 12.0. The monoisotopic (exact) mass is 219 g/mol. The zero-order valence-electron chi connectivity index (χ0n) is 9.49. The summed E-state index contributed by atoms with van der Waals surface area (Å²) in [7, 11) is 0. The van der Waals surface area contributed by atoms with Gasteiger partial charge >= 0.3 is 0 Å². The second kappa shape index (κ2) is 4.26. The number of hydrogen-bond acceptors (Lipinski definition) is 2. The molecule has 1 fully saturated rings. The van der Waals surface area contributed by atoms with E-state index in [1.54, 1.807) is 0 Å². The molecule has 0 spiro atoms. The molecule has 1 aromatic rings. The lowest BCUT2D eigenvalue weighted by molar-refractivity contribution is -0.133. The summed E-state index contributed by atoms with van der Waals surface area (Å²) in [6.45, 7) is 1.94. The van der Waals surface area contributed by atoms with Gasteiger partial charge in [0.25, 0.3) is 0 Å². The maximum Gasteiger partial charge on any atom is 0.232 e. The van der Waals surface area contributed by atoms with Crippen molar-refractivity contribution in [1.82, 2.24) is 0 Å². The summed E-state index contributed by atoms with van der Waals surface area (Å²) >= 11 is 0. The van der Waals surface area contributed by atoms with E-state index in [-0.39, 0.29) is 12.5 Å². The third-order valence-corrected chi connectivity index (χ3v) is 3.37. The first-order valence-electron chi connectivity index (χ1n) is 5.65. The van der Waals surface area contributed by atoms with Crippen LogP contribution in [0.4, 0.5) is 5.69 Å². The van der Waals surface area contributed by atoms with Crippen molar-refractivity contribution in [2.75, 3.05) is 11.9 Å². The molecule has 0 atom stereocenters. The van der Waals surface area contributed by atoms with Crippen LogP contribution in [0.2, 0.25) is 0 Å². The second-order valence-electron chi connectivity index (χ2n) is 4.62. The normalized spacial score (nSPS) is 17.6. The summed E-state index contributed by atoms with van der Waals surface area (Å²) in [6.07, 6.45) is 2.62. The summed E-state index contributed by atoms with van der Waals surface area (Å²) in [5.74, 6) is -0.0492. The van der Waals surface area contributed by atoms with Gasteiger partial charge in [0, 0.05) is 5.69 Å². The molecule has 0 radical (unpaired) electrons. The first-order valence-corrected chi connectivity index (χ1v) is 5.65. The van der Waals surface area contributed by atoms with Crippen LogP contribution in [0.1, 0.15) is 24.8 Å². The largest absolute Gasteiger partial charge is 0.395 e. The molecule has 1 aliphatic rings. The molecule has 0 unspecified atom stereocenters. The number of benzene rings is 1. The van der Waals surface area contributed by atoms with Crippen LogP contribution >= 0.6 is 0 Å². The Hall–Kier alpha value is -1.35. The van der Waals surface area contributed by atoms with Gasteiger partial charge in [-0.05, 0) is 37.5 Å². The zero-order chi connectivity index (χ0) is 11.6. The Morgan fingerprint density at radius 3 is 2.75 bits per heavy atom. The van der Waals surface area contributed by atoms with Crippen molar-refractivity contribution in [3.05, 3.63) is 29.8 Å². The minimum absolute atomic E-state index is 0.0492. The van der Waals surface area contributed by atoms with Gasteiger partial charge in [-0.3, -0.25) is 4.79 Å². The molecular weight excluding hydrogens is 202 g/mol. The van der Waals surface area contributed by atoms with Crippen molar-refractivity contribution in [2.45, 2.75) is 26.2 Å². The van der Waals surface area contributed by atoms with E-state index < -0.39 is 5.41 Å². The highest BCUT2D eigenvalue weighted by atomic mass is 16.3. The maximum absolute atomic E-state index is 12.0. The zero-order valence-corrected chi connectivity index (χ0v) is 9.49. The Morgan fingerprint density at radius 1 is 1.50 bits per heavy atom. The lowest BCUT2D eigenvalue weighted by atomic mass is 9.68. The standard InChI is InChI=1S/C13H17NO2/c1-10-4-2-5-11(8-10)14-12(16)13(9-15)6-3-7-13/h2,4-5,8,15H,3,6-7,9H2,1H3,(H,14,16). The first-order chi connectivity index (χ1) is 7.66. The van der Waals surface area contributed by atoms with Gasteiger partial charge in [0.15, 0.2) is 0 Å². The van der Waals surface area contributed by atoms with E-state index in [0.717, 1.165) is 30.5 Å². The molecule has 0 heterocycles. The van der Waals surface area contributed by atoms with E-state index in [0.29, 0.717) is 0 Å². The molecule has 1 saturated carbocycles. The number of hydrogen-bond donors (Lipinski definition) is 2. The van der Waals surface area contributed by atoms with Gasteiger partial charge in [-0.1, -0.05) is 18.6 Å². The fraction of sp³-hybridized carbons (Fsp3) is 0.462. The molecule has 0 aromatic heterocycles. The molecule has 0 aliphatic heterocycles. The van der Waals surface area contributed by atoms with E-state index >= 15 is 0 Å². The SMILES string of the molecule is Cc1cccc(NC(=O)C2(CO)CCC2)c1. The highest BCUT2D eigenvalue weighted by Gasteiger charge is 2.43. The van der Waals surface area contributed by atoms with Crippen LogP contribution in [0.3, 0.4) is 0 Å². The van der Waals surface area contributed by atoms with Crippen molar-refractivity contribution in [3.63, 3.8) is 0 Å². The molecule has 0 saturated heterocycles. The van der Waals surface area contributed by atoms with E-state index in [9.17, 15) is 9.90 Å². The van der Waals surface area contributed by atoms with Crippen LogP contribution in [0.25, 0.3) is 0 Å². The van der Waals surface area contributed by atoms with E-state index in [2.05, 4.69) is 5.32 Å². The minimum atomic E-state index is -0.524. The molecule has 16 heavy (non-hydrogen) atoms. The van der Waals surface area contributed by atoms with Crippen LogP contribution < -0.4 is 5.32 Å². The van der Waals surface area contributed by atoms with Gasteiger partial charge in [-0.25, -0.2) is 0 Å². The fourth-order valence-corrected chi connectivity index (χ4v) is 2.05. The lowest BCUT2D eigenvalue weighted by Crippen LogP contribution is -2.44. The summed E-state index contributed by atoms with van der Waals surface area (Å²) in [5.41, 5.74) is 1.40. The Balaban J connectivity index is 2.07. The van der Waals surface area contributed by atoms with E-state index in [1.807, 2.05) is 31.2 Å². The molecule has 1 amide bonds. The molecule has 3 nitrogen and oxygen atoms in total. The molecule has 1 aromatic carbocycles. The number of amides is 1. The minimum Gasteiger partial charge on any atom is -0.395 e. The van der Waals surface area contributed by atoms with Crippen molar-refractivity contribution >= 4 is 11.6 Å². The van der Waals surface area contributed by atoms with Gasteiger partial charge < -0.3 is 10.4 Å². The average Bonchev–Trinajstić information content (AvgIpc) is 2.16. The second-order valence-corrected chi connectivity index (χ2v) is 4.62. The van der Waals surface area contributed by atoms with Gasteiger partial charge in [-0.15, -0.1) is 0 Å². The van der Waals surface area contributed by atoms with Crippen LogP contribution in [0, 0.1) is 12.3 Å². The lowest BCUT2D eigenvalue weighted by Gasteiger charge is -2.38. The molecule has 86 valence electrons. The molecule has 3 heteroatoms. The summed E-state index contributed by atoms with van der Waals surface area (Å²) in [6, 6.07) is 7.70. The molecule has 1 aliphatic carbocycles. The van der Waals surface area contributed by atoms with Crippen molar-refractivity contribution in [2.24, 2.45) is 5.41 Å². The Labute approximate surface area is 95.5 Å². The molecule has 2 N–H and O–H groups in total. The van der Waals surface area contributed by atoms with Crippen molar-refractivity contribution in [1.29, 1.82) is 0 Å². The van der Waals surface area contributed by atoms with E-state index in [1.165, 1.54) is 0 Å². The van der Waals surface area contributed by atoms with Crippen LogP contribution in [-0.2, 0) is 4.79 Å². The van der Waals surface area contributed by atoms with Gasteiger partial charge in [-0.2, -0.15) is 0 Å². The molecule has 2 rings (SSSR count). The van der Waals surface area contributed by atoms with Crippen molar-refractivity contribution < 1.29 is 9.90 Å². The number of aliphatic hydroxyl groups excluding tert-OH is 1. The third-order valence-electron chi connectivity index (χ3n) is 3.37. The highest BCUT2D eigenvalue weighted by Crippen LogP contribution is 2.41. The topological polar surface area (TPSA) is 49.3 Å². The number of aliphatic hydroxyl groups is 1. The predicted molar refractivity (Wildman–Crippen MR) is 63.2 cm³/mol. The summed E-state index contributed by atoms with van der Waals surface area (Å²) in [5, 5.41) is 12.2. The average molecular weight is 219 g/mol. The quantitative estimate of drug-likeness (QED) is 0.817. The number of anilines is 1. The molecular formula is C13H17NO2. The number of aryl methyl sites for hydroxylation is 1. The molecule has 0 bridgehead atoms. The number of nitrogens with one attached hydrogen (secondary N) is 1. The number of rotatable bonds is 3. The van der Waals surface area contributed by atoms with Gasteiger partial charge in [0.2, 0.25) is 5.91 Å². The Kier molecular flexibility index (Phi) is 2.97. The van der Waals surface area contributed by atoms with Crippen molar-refractivity contribution in [3.8, 4) is 0 Å². The predicted octanol–water partition coefficient (Wildman–Crippen LogP) is 2.10. The third kappa shape index (κ3) is 1.95. The smallest absolute Gasteiger partial charge is 0.232 e. The summed E-state index contributed by atoms with van der Waals surface area (Å²) in [4.78, 5) is 12.0. The van der Waals surface area contributed by atoms with Crippen LogP contribution in [0.15, 0.2) is 24.3 Å². The van der Waals surface area contributed by atoms with Crippen LogP contribution in [0.5, 0.6) is 0 Å². The highest BCUT2D eigenvalue weighted by molar-refractivity contribution is 5.96. The first kappa shape index (κ1) is 11.1. The Bertz CT molecular complexity index is 391.